The second kappa shape index (κ2) is 6.39. The summed E-state index contributed by atoms with van der Waals surface area (Å²) >= 11 is 0. The molecule has 0 atom stereocenters. The molecule has 1 rings (SSSR count). The van der Waals surface area contributed by atoms with Crippen LogP contribution in [-0.4, -0.2) is 41.3 Å². The number of carboxylic acids is 2. The van der Waals surface area contributed by atoms with E-state index in [1.54, 1.807) is 0 Å². The van der Waals surface area contributed by atoms with Crippen LogP contribution in [0.1, 0.15) is 27.6 Å². The second-order valence-electron chi connectivity index (χ2n) is 3.51. The number of carboxylic acid groups (broad SMARTS) is 2. The Morgan fingerprint density at radius 1 is 1.11 bits per heavy atom. The van der Waals surface area contributed by atoms with Crippen LogP contribution in [0.25, 0.3) is 0 Å². The van der Waals surface area contributed by atoms with Crippen LogP contribution in [0.4, 0.5) is 0 Å². The van der Waals surface area contributed by atoms with E-state index in [4.69, 9.17) is 14.9 Å². The minimum Gasteiger partial charge on any atom is -0.489 e. The number of aromatic carboxylic acids is 2. The highest BCUT2D eigenvalue weighted by Gasteiger charge is 2.14. The van der Waals surface area contributed by atoms with Gasteiger partial charge in [-0.1, -0.05) is 0 Å². The van der Waals surface area contributed by atoms with Crippen LogP contribution < -0.4 is 4.74 Å². The minimum atomic E-state index is -1.24. The summed E-state index contributed by atoms with van der Waals surface area (Å²) in [7, 11) is 0. The molecule has 2 N–H and O–H groups in total. The van der Waals surface area contributed by atoms with Crippen LogP contribution in [0.2, 0.25) is 0 Å². The Hall–Kier alpha value is -2.57. The molecule has 0 saturated heterocycles. The number of rotatable bonds is 6. The Morgan fingerprint density at radius 2 is 1.79 bits per heavy atom. The van der Waals surface area contributed by atoms with Gasteiger partial charge in [0.05, 0.1) is 5.56 Å². The molecule has 0 aromatic heterocycles. The largest absolute Gasteiger partial charge is 0.489 e. The number of carbonyl (C=O) groups excluding carboxylic acids is 1. The minimum absolute atomic E-state index is 0.0499. The molecule has 0 aliphatic carbocycles. The monoisotopic (exact) mass is 268 g/mol. The van der Waals surface area contributed by atoms with Gasteiger partial charge in [0.2, 0.25) is 0 Å². The molecule has 19 heavy (non-hydrogen) atoms. The third-order valence-electron chi connectivity index (χ3n) is 2.11. The van der Waals surface area contributed by atoms with Crippen molar-refractivity contribution in [2.75, 3.05) is 13.2 Å². The van der Waals surface area contributed by atoms with Crippen molar-refractivity contribution in [3.05, 3.63) is 29.3 Å². The zero-order chi connectivity index (χ0) is 14.4. The third-order valence-corrected chi connectivity index (χ3v) is 2.11. The molecule has 0 radical (unpaired) electrons. The molecule has 1 aromatic carbocycles. The average molecular weight is 268 g/mol. The summed E-state index contributed by atoms with van der Waals surface area (Å²) in [6.07, 6.45) is 0. The van der Waals surface area contributed by atoms with E-state index in [2.05, 4.69) is 4.74 Å². The van der Waals surface area contributed by atoms with Crippen LogP contribution in [0.3, 0.4) is 0 Å². The van der Waals surface area contributed by atoms with Gasteiger partial charge in [-0.3, -0.25) is 4.79 Å². The van der Waals surface area contributed by atoms with Crippen molar-refractivity contribution in [3.63, 3.8) is 0 Å². The van der Waals surface area contributed by atoms with Crippen LogP contribution in [0, 0.1) is 0 Å². The molecule has 0 fully saturated rings. The maximum Gasteiger partial charge on any atom is 0.339 e. The summed E-state index contributed by atoms with van der Waals surface area (Å²) in [6, 6.07) is 3.43. The van der Waals surface area contributed by atoms with Gasteiger partial charge in [-0.15, -0.1) is 0 Å². The molecule has 7 nitrogen and oxygen atoms in total. The van der Waals surface area contributed by atoms with Gasteiger partial charge in [0.15, 0.2) is 0 Å². The molecular formula is C12H12O7. The topological polar surface area (TPSA) is 110 Å². The second-order valence-corrected chi connectivity index (χ2v) is 3.51. The van der Waals surface area contributed by atoms with E-state index in [-0.39, 0.29) is 30.1 Å². The summed E-state index contributed by atoms with van der Waals surface area (Å²) in [5, 5.41) is 17.7. The first-order valence-corrected chi connectivity index (χ1v) is 5.28. The smallest absolute Gasteiger partial charge is 0.339 e. The summed E-state index contributed by atoms with van der Waals surface area (Å²) in [6.45, 7) is 1.11. The molecule has 0 aliphatic heterocycles. The summed E-state index contributed by atoms with van der Waals surface area (Å²) in [4.78, 5) is 32.2. The number of hydrogen-bond donors (Lipinski definition) is 2. The van der Waals surface area contributed by atoms with Crippen molar-refractivity contribution in [3.8, 4) is 5.75 Å². The highest BCUT2D eigenvalue weighted by atomic mass is 16.6. The summed E-state index contributed by atoms with van der Waals surface area (Å²) < 4.78 is 9.73. The van der Waals surface area contributed by atoms with Crippen LogP contribution in [0.15, 0.2) is 18.2 Å². The molecule has 0 saturated carbocycles. The quantitative estimate of drug-likeness (QED) is 0.585. The van der Waals surface area contributed by atoms with Crippen molar-refractivity contribution in [1.82, 2.24) is 0 Å². The highest BCUT2D eigenvalue weighted by Crippen LogP contribution is 2.20. The highest BCUT2D eigenvalue weighted by molar-refractivity contribution is 5.94. The van der Waals surface area contributed by atoms with Gasteiger partial charge in [0, 0.05) is 6.92 Å². The maximum atomic E-state index is 10.9. The number of carbonyl (C=O) groups is 3. The molecule has 0 amide bonds. The Balaban J connectivity index is 2.82. The van der Waals surface area contributed by atoms with Gasteiger partial charge < -0.3 is 19.7 Å². The van der Waals surface area contributed by atoms with Gasteiger partial charge in [0.25, 0.3) is 0 Å². The van der Waals surface area contributed by atoms with Crippen molar-refractivity contribution in [2.45, 2.75) is 6.92 Å². The van der Waals surface area contributed by atoms with E-state index in [1.807, 2.05) is 0 Å². The third kappa shape index (κ3) is 4.30. The first kappa shape index (κ1) is 14.5. The zero-order valence-corrected chi connectivity index (χ0v) is 10.1. The first-order chi connectivity index (χ1) is 8.91. The van der Waals surface area contributed by atoms with E-state index < -0.39 is 17.9 Å². The molecular weight excluding hydrogens is 256 g/mol. The van der Waals surface area contributed by atoms with Crippen LogP contribution >= 0.6 is 0 Å². The zero-order valence-electron chi connectivity index (χ0n) is 10.1. The predicted molar refractivity (Wildman–Crippen MR) is 62.5 cm³/mol. The lowest BCUT2D eigenvalue weighted by atomic mass is 10.1. The summed E-state index contributed by atoms with van der Waals surface area (Å²) in [5.41, 5.74) is -0.250. The predicted octanol–water partition coefficient (Wildman–Crippen LogP) is 1.02. The molecule has 7 heteroatoms. The number of esters is 1. The van der Waals surface area contributed by atoms with Crippen LogP contribution in [-0.2, 0) is 9.53 Å². The SMILES string of the molecule is CC(=O)OCCOc1cc(C(=O)O)ccc1C(=O)O. The average Bonchev–Trinajstić information content (AvgIpc) is 2.33. The van der Waals surface area contributed by atoms with E-state index in [1.165, 1.54) is 13.0 Å². The van der Waals surface area contributed by atoms with E-state index in [0.29, 0.717) is 0 Å². The number of benzene rings is 1. The van der Waals surface area contributed by atoms with E-state index in [0.717, 1.165) is 12.1 Å². The lowest BCUT2D eigenvalue weighted by Crippen LogP contribution is -2.12. The Morgan fingerprint density at radius 3 is 2.32 bits per heavy atom. The fourth-order valence-electron chi connectivity index (χ4n) is 1.29. The standard InChI is InChI=1S/C12H12O7/c1-7(13)18-4-5-19-10-6-8(11(14)15)2-3-9(10)12(16)17/h2-3,6H,4-5H2,1H3,(H,14,15)(H,16,17). The Bertz CT molecular complexity index is 507. The van der Waals surface area contributed by atoms with Gasteiger partial charge in [-0.25, -0.2) is 9.59 Å². The van der Waals surface area contributed by atoms with Gasteiger partial charge in [0.1, 0.15) is 24.5 Å². The Labute approximate surface area is 108 Å². The fourth-order valence-corrected chi connectivity index (χ4v) is 1.29. The summed E-state index contributed by atoms with van der Waals surface area (Å²) in [5.74, 6) is -3.00. The van der Waals surface area contributed by atoms with Crippen LogP contribution in [0.5, 0.6) is 5.75 Å². The molecule has 0 bridgehead atoms. The number of hydrogen-bond acceptors (Lipinski definition) is 5. The fraction of sp³-hybridized carbons (Fsp3) is 0.250. The molecule has 102 valence electrons. The van der Waals surface area contributed by atoms with Crippen molar-refractivity contribution in [1.29, 1.82) is 0 Å². The van der Waals surface area contributed by atoms with Crippen molar-refractivity contribution in [2.24, 2.45) is 0 Å². The van der Waals surface area contributed by atoms with Gasteiger partial charge >= 0.3 is 17.9 Å². The molecule has 0 spiro atoms. The number of ether oxygens (including phenoxy) is 2. The van der Waals surface area contributed by atoms with Crippen molar-refractivity contribution >= 4 is 17.9 Å². The molecule has 0 aliphatic rings. The van der Waals surface area contributed by atoms with Gasteiger partial charge in [-0.05, 0) is 18.2 Å². The first-order valence-electron chi connectivity index (χ1n) is 5.28. The Kier molecular flexibility index (Phi) is 4.87. The van der Waals surface area contributed by atoms with E-state index in [9.17, 15) is 14.4 Å². The van der Waals surface area contributed by atoms with Gasteiger partial charge in [-0.2, -0.15) is 0 Å². The molecule has 1 aromatic rings. The lowest BCUT2D eigenvalue weighted by Gasteiger charge is -2.09. The molecule has 0 unspecified atom stereocenters. The van der Waals surface area contributed by atoms with E-state index >= 15 is 0 Å². The maximum absolute atomic E-state index is 10.9. The molecule has 0 heterocycles. The normalized spacial score (nSPS) is 9.74. The lowest BCUT2D eigenvalue weighted by molar-refractivity contribution is -0.141. The van der Waals surface area contributed by atoms with Crippen molar-refractivity contribution < 1.29 is 34.1 Å².